The second-order valence-electron chi connectivity index (χ2n) is 5.06. The van der Waals surface area contributed by atoms with Gasteiger partial charge in [-0.05, 0) is 43.9 Å². The molecule has 2 unspecified atom stereocenters. The molecule has 0 aliphatic carbocycles. The molecule has 0 radical (unpaired) electrons. The molecule has 1 aromatic rings. The number of nitrogens with zero attached hydrogens (tertiary/aromatic N) is 2. The molecule has 1 aromatic carbocycles. The van der Waals surface area contributed by atoms with E-state index in [9.17, 15) is 5.26 Å². The number of hydrogen-bond acceptors (Lipinski definition) is 3. The molecule has 1 fully saturated rings. The Kier molecular flexibility index (Phi) is 3.23. The predicted octanol–water partition coefficient (Wildman–Crippen LogP) is 2.77. The van der Waals surface area contributed by atoms with Crippen molar-refractivity contribution in [2.75, 3.05) is 17.2 Å². The molecule has 0 spiro atoms. The van der Waals surface area contributed by atoms with E-state index in [1.165, 1.54) is 12.8 Å². The van der Waals surface area contributed by atoms with Gasteiger partial charge in [0.15, 0.2) is 0 Å². The molecule has 1 saturated heterocycles. The molecule has 90 valence electrons. The second-order valence-corrected chi connectivity index (χ2v) is 5.06. The first-order valence-corrected chi connectivity index (χ1v) is 6.18. The Morgan fingerprint density at radius 2 is 2.18 bits per heavy atom. The zero-order chi connectivity index (χ0) is 12.4. The van der Waals surface area contributed by atoms with Crippen molar-refractivity contribution >= 4 is 11.4 Å². The molecular weight excluding hydrogens is 210 g/mol. The molecule has 2 atom stereocenters. The summed E-state index contributed by atoms with van der Waals surface area (Å²) in [7, 11) is 0. The standard InChI is InChI=1S/C14H19N3/c1-10-5-6-17(11(2)7-10)14-4-3-13(16)8-12(14)9-15/h3-4,8,10-11H,5-7,16H2,1-2H3. The Labute approximate surface area is 103 Å². The van der Waals surface area contributed by atoms with Crippen LogP contribution in [0.25, 0.3) is 0 Å². The third-order valence-electron chi connectivity index (χ3n) is 3.59. The highest BCUT2D eigenvalue weighted by Gasteiger charge is 2.24. The zero-order valence-corrected chi connectivity index (χ0v) is 10.5. The lowest BCUT2D eigenvalue weighted by atomic mass is 9.92. The Morgan fingerprint density at radius 3 is 2.82 bits per heavy atom. The topological polar surface area (TPSA) is 53.0 Å². The van der Waals surface area contributed by atoms with Crippen molar-refractivity contribution in [3.8, 4) is 6.07 Å². The van der Waals surface area contributed by atoms with Gasteiger partial charge < -0.3 is 10.6 Å². The van der Waals surface area contributed by atoms with Crippen LogP contribution in [0.2, 0.25) is 0 Å². The molecule has 17 heavy (non-hydrogen) atoms. The van der Waals surface area contributed by atoms with Crippen molar-refractivity contribution in [2.45, 2.75) is 32.7 Å². The molecule has 1 aliphatic heterocycles. The third-order valence-corrected chi connectivity index (χ3v) is 3.59. The maximum absolute atomic E-state index is 9.18. The monoisotopic (exact) mass is 229 g/mol. The summed E-state index contributed by atoms with van der Waals surface area (Å²) in [6, 6.07) is 8.35. The highest BCUT2D eigenvalue weighted by Crippen LogP contribution is 2.30. The molecule has 1 heterocycles. The lowest BCUT2D eigenvalue weighted by Gasteiger charge is -2.38. The van der Waals surface area contributed by atoms with Crippen LogP contribution < -0.4 is 10.6 Å². The molecule has 0 bridgehead atoms. The van der Waals surface area contributed by atoms with Gasteiger partial charge in [0.1, 0.15) is 6.07 Å². The van der Waals surface area contributed by atoms with Crippen molar-refractivity contribution in [3.63, 3.8) is 0 Å². The minimum atomic E-state index is 0.495. The first kappa shape index (κ1) is 11.8. The first-order chi connectivity index (χ1) is 8.11. The Morgan fingerprint density at radius 1 is 1.41 bits per heavy atom. The molecule has 1 aliphatic rings. The maximum Gasteiger partial charge on any atom is 0.101 e. The smallest absolute Gasteiger partial charge is 0.101 e. The van der Waals surface area contributed by atoms with Crippen LogP contribution in [0.5, 0.6) is 0 Å². The van der Waals surface area contributed by atoms with Gasteiger partial charge in [0.05, 0.1) is 11.3 Å². The first-order valence-electron chi connectivity index (χ1n) is 6.18. The van der Waals surface area contributed by atoms with Gasteiger partial charge in [-0.2, -0.15) is 5.26 Å². The number of nitrogen functional groups attached to an aromatic ring is 1. The molecular formula is C14H19N3. The van der Waals surface area contributed by atoms with Crippen molar-refractivity contribution in [3.05, 3.63) is 23.8 Å². The van der Waals surface area contributed by atoms with E-state index in [0.717, 1.165) is 18.2 Å². The van der Waals surface area contributed by atoms with E-state index in [1.807, 2.05) is 12.1 Å². The molecule has 3 heteroatoms. The SMILES string of the molecule is CC1CCN(c2ccc(N)cc2C#N)C(C)C1. The van der Waals surface area contributed by atoms with Crippen LogP contribution in [-0.2, 0) is 0 Å². The van der Waals surface area contributed by atoms with E-state index >= 15 is 0 Å². The molecule has 0 saturated carbocycles. The largest absolute Gasteiger partial charge is 0.399 e. The summed E-state index contributed by atoms with van der Waals surface area (Å²) in [6.45, 7) is 5.55. The quantitative estimate of drug-likeness (QED) is 0.753. The Hall–Kier alpha value is -1.69. The number of nitriles is 1. The predicted molar refractivity (Wildman–Crippen MR) is 70.8 cm³/mol. The van der Waals surface area contributed by atoms with E-state index in [1.54, 1.807) is 6.07 Å². The Bertz CT molecular complexity index is 447. The lowest BCUT2D eigenvalue weighted by Crippen LogP contribution is -2.40. The zero-order valence-electron chi connectivity index (χ0n) is 10.5. The van der Waals surface area contributed by atoms with Gasteiger partial charge in [-0.25, -0.2) is 0 Å². The Balaban J connectivity index is 2.31. The fourth-order valence-electron chi connectivity index (χ4n) is 2.66. The van der Waals surface area contributed by atoms with Crippen LogP contribution in [0.1, 0.15) is 32.3 Å². The van der Waals surface area contributed by atoms with Crippen molar-refractivity contribution in [1.82, 2.24) is 0 Å². The number of benzene rings is 1. The van der Waals surface area contributed by atoms with Gasteiger partial charge in [0.25, 0.3) is 0 Å². The number of nitrogens with two attached hydrogens (primary N) is 1. The number of anilines is 2. The fourth-order valence-corrected chi connectivity index (χ4v) is 2.66. The van der Waals surface area contributed by atoms with E-state index in [-0.39, 0.29) is 0 Å². The van der Waals surface area contributed by atoms with Gasteiger partial charge in [-0.3, -0.25) is 0 Å². The van der Waals surface area contributed by atoms with Gasteiger partial charge in [-0.15, -0.1) is 0 Å². The van der Waals surface area contributed by atoms with Crippen LogP contribution in [0.15, 0.2) is 18.2 Å². The molecule has 3 nitrogen and oxygen atoms in total. The van der Waals surface area contributed by atoms with Gasteiger partial charge in [0, 0.05) is 18.3 Å². The summed E-state index contributed by atoms with van der Waals surface area (Å²) in [4.78, 5) is 2.33. The van der Waals surface area contributed by atoms with Gasteiger partial charge in [-0.1, -0.05) is 6.92 Å². The number of rotatable bonds is 1. The minimum Gasteiger partial charge on any atom is -0.399 e. The van der Waals surface area contributed by atoms with Crippen LogP contribution in [0.3, 0.4) is 0 Å². The van der Waals surface area contributed by atoms with Crippen molar-refractivity contribution in [1.29, 1.82) is 5.26 Å². The summed E-state index contributed by atoms with van der Waals surface area (Å²) in [6.07, 6.45) is 2.38. The minimum absolute atomic E-state index is 0.495. The van der Waals surface area contributed by atoms with Crippen molar-refractivity contribution in [2.24, 2.45) is 5.92 Å². The van der Waals surface area contributed by atoms with Gasteiger partial charge >= 0.3 is 0 Å². The van der Waals surface area contributed by atoms with Crippen LogP contribution in [0.4, 0.5) is 11.4 Å². The lowest BCUT2D eigenvalue weighted by molar-refractivity contribution is 0.378. The second kappa shape index (κ2) is 4.67. The highest BCUT2D eigenvalue weighted by molar-refractivity contribution is 5.64. The molecule has 2 N–H and O–H groups in total. The van der Waals surface area contributed by atoms with E-state index in [2.05, 4.69) is 24.8 Å². The maximum atomic E-state index is 9.18. The molecule has 2 rings (SSSR count). The molecule has 0 aromatic heterocycles. The third kappa shape index (κ3) is 2.36. The summed E-state index contributed by atoms with van der Waals surface area (Å²) < 4.78 is 0. The summed E-state index contributed by atoms with van der Waals surface area (Å²) in [5.41, 5.74) is 8.09. The van der Waals surface area contributed by atoms with E-state index < -0.39 is 0 Å². The van der Waals surface area contributed by atoms with Crippen molar-refractivity contribution < 1.29 is 0 Å². The van der Waals surface area contributed by atoms with Gasteiger partial charge in [0.2, 0.25) is 0 Å². The van der Waals surface area contributed by atoms with E-state index in [4.69, 9.17) is 5.73 Å². The number of hydrogen-bond donors (Lipinski definition) is 1. The average molecular weight is 229 g/mol. The summed E-state index contributed by atoms with van der Waals surface area (Å²) >= 11 is 0. The highest BCUT2D eigenvalue weighted by atomic mass is 15.2. The molecule has 0 amide bonds. The normalized spacial score (nSPS) is 24.4. The average Bonchev–Trinajstić information content (AvgIpc) is 2.30. The summed E-state index contributed by atoms with van der Waals surface area (Å²) in [5.74, 6) is 0.778. The summed E-state index contributed by atoms with van der Waals surface area (Å²) in [5, 5.41) is 9.18. The van der Waals surface area contributed by atoms with Crippen LogP contribution >= 0.6 is 0 Å². The van der Waals surface area contributed by atoms with Crippen LogP contribution in [-0.4, -0.2) is 12.6 Å². The van der Waals surface area contributed by atoms with E-state index in [0.29, 0.717) is 17.3 Å². The fraction of sp³-hybridized carbons (Fsp3) is 0.500. The van der Waals surface area contributed by atoms with Crippen LogP contribution in [0, 0.1) is 17.2 Å². The number of piperidine rings is 1.